The molecular weight excluding hydrogens is 495 g/mol. The van der Waals surface area contributed by atoms with Gasteiger partial charge in [-0.1, -0.05) is 18.6 Å². The fourth-order valence-electron chi connectivity index (χ4n) is 4.31. The number of nitrogens with zero attached hydrogens (tertiary/aromatic N) is 3. The van der Waals surface area contributed by atoms with Crippen LogP contribution in [0.15, 0.2) is 41.8 Å². The van der Waals surface area contributed by atoms with Crippen molar-refractivity contribution in [2.45, 2.75) is 23.5 Å². The van der Waals surface area contributed by atoms with Gasteiger partial charge in [0.2, 0.25) is 0 Å². The van der Waals surface area contributed by atoms with Gasteiger partial charge in [-0.3, -0.25) is 0 Å². The molecule has 4 rings (SSSR count). The second kappa shape index (κ2) is 10.7. The van der Waals surface area contributed by atoms with E-state index in [-0.39, 0.29) is 17.5 Å². The van der Waals surface area contributed by atoms with E-state index < -0.39 is 16.0 Å². The van der Waals surface area contributed by atoms with Gasteiger partial charge >= 0.3 is 0 Å². The van der Waals surface area contributed by atoms with Crippen LogP contribution in [0.5, 0.6) is 5.75 Å². The van der Waals surface area contributed by atoms with Crippen LogP contribution in [0.3, 0.4) is 0 Å². The van der Waals surface area contributed by atoms with Gasteiger partial charge in [0.15, 0.2) is 9.84 Å². The number of ether oxygens (including phenoxy) is 1. The van der Waals surface area contributed by atoms with Gasteiger partial charge in [-0.25, -0.2) is 17.3 Å². The van der Waals surface area contributed by atoms with Crippen molar-refractivity contribution in [2.75, 3.05) is 56.4 Å². The maximum Gasteiger partial charge on any atom is 0.175 e. The van der Waals surface area contributed by atoms with E-state index in [0.29, 0.717) is 41.6 Å². The molecule has 0 spiro atoms. The van der Waals surface area contributed by atoms with Crippen LogP contribution in [0.1, 0.15) is 17.7 Å². The van der Waals surface area contributed by atoms with Crippen molar-refractivity contribution in [2.24, 2.45) is 0 Å². The van der Waals surface area contributed by atoms with Gasteiger partial charge < -0.3 is 26.0 Å². The van der Waals surface area contributed by atoms with Crippen LogP contribution in [-0.2, 0) is 9.84 Å². The summed E-state index contributed by atoms with van der Waals surface area (Å²) in [5.41, 5.74) is 9.23. The summed E-state index contributed by atoms with van der Waals surface area (Å²) in [6.45, 7) is 5.33. The summed E-state index contributed by atoms with van der Waals surface area (Å²) >= 11 is 0. The first-order valence-electron chi connectivity index (χ1n) is 11.8. The van der Waals surface area contributed by atoms with Crippen molar-refractivity contribution in [3.8, 4) is 17.6 Å². The molecule has 1 aliphatic heterocycles. The van der Waals surface area contributed by atoms with E-state index in [2.05, 4.69) is 34.2 Å². The van der Waals surface area contributed by atoms with Gasteiger partial charge in [-0.15, -0.1) is 0 Å². The van der Waals surface area contributed by atoms with E-state index in [9.17, 15) is 12.8 Å². The molecule has 0 aliphatic carbocycles. The first kappa shape index (κ1) is 26.3. The zero-order chi connectivity index (χ0) is 26.7. The molecule has 0 bridgehead atoms. The summed E-state index contributed by atoms with van der Waals surface area (Å²) in [6.07, 6.45) is 2.46. The third kappa shape index (κ3) is 5.81. The number of hydrogen-bond acceptors (Lipinski definition) is 8. The van der Waals surface area contributed by atoms with Crippen LogP contribution < -0.4 is 21.1 Å². The third-order valence-corrected chi connectivity index (χ3v) is 7.36. The molecular formula is C26H31FN6O3S. The Kier molecular flexibility index (Phi) is 7.61. The molecule has 196 valence electrons. The first-order chi connectivity index (χ1) is 17.6. The van der Waals surface area contributed by atoms with Crippen LogP contribution in [0.4, 0.5) is 21.6 Å². The number of piperidine rings is 1. The number of sulfone groups is 1. The quantitative estimate of drug-likeness (QED) is 0.403. The molecule has 4 N–H and O–H groups in total. The van der Waals surface area contributed by atoms with E-state index in [1.807, 2.05) is 11.9 Å². The average molecular weight is 527 g/mol. The topological polar surface area (TPSA) is 114 Å². The molecule has 0 amide bonds. The molecule has 2 atom stereocenters. The molecule has 3 aromatic rings. The van der Waals surface area contributed by atoms with Crippen molar-refractivity contribution in [1.29, 1.82) is 0 Å². The molecule has 37 heavy (non-hydrogen) atoms. The number of likely N-dealkylation sites (tertiary alicyclic amines) is 1. The van der Waals surface area contributed by atoms with Gasteiger partial charge in [0.25, 0.3) is 0 Å². The highest BCUT2D eigenvalue weighted by Gasteiger charge is 2.28. The summed E-state index contributed by atoms with van der Waals surface area (Å²) in [5.74, 6) is 7.09. The van der Waals surface area contributed by atoms with Gasteiger partial charge in [0, 0.05) is 42.7 Å². The van der Waals surface area contributed by atoms with Gasteiger partial charge in [0.1, 0.15) is 23.4 Å². The predicted molar refractivity (Wildman–Crippen MR) is 146 cm³/mol. The lowest BCUT2D eigenvalue weighted by molar-refractivity contribution is 0.149. The summed E-state index contributed by atoms with van der Waals surface area (Å²) in [7, 11) is 0.0318. The van der Waals surface area contributed by atoms with E-state index >= 15 is 0 Å². The normalized spacial score (nSPS) is 18.2. The van der Waals surface area contributed by atoms with E-state index in [1.54, 1.807) is 28.8 Å². The summed E-state index contributed by atoms with van der Waals surface area (Å²) in [4.78, 5) is 2.14. The molecule has 1 aliphatic rings. The Balaban J connectivity index is 1.57. The zero-order valence-electron chi connectivity index (χ0n) is 21.1. The number of nitrogen functional groups attached to an aromatic ring is 1. The van der Waals surface area contributed by atoms with E-state index in [4.69, 9.17) is 10.5 Å². The number of hydrogen-bond donors (Lipinski definition) is 3. The third-order valence-electron chi connectivity index (χ3n) is 6.25. The van der Waals surface area contributed by atoms with Gasteiger partial charge in [-0.05, 0) is 37.6 Å². The molecule has 9 nitrogen and oxygen atoms in total. The molecule has 2 aromatic heterocycles. The highest BCUT2D eigenvalue weighted by Crippen LogP contribution is 2.28. The largest absolute Gasteiger partial charge is 0.495 e. The second-order valence-electron chi connectivity index (χ2n) is 9.04. The van der Waals surface area contributed by atoms with Crippen molar-refractivity contribution in [3.05, 3.63) is 48.2 Å². The first-order valence-corrected chi connectivity index (χ1v) is 13.6. The molecule has 1 aromatic carbocycles. The van der Waals surface area contributed by atoms with Crippen molar-refractivity contribution < 1.29 is 17.5 Å². The van der Waals surface area contributed by atoms with Crippen LogP contribution in [-0.4, -0.2) is 75.2 Å². The lowest BCUT2D eigenvalue weighted by Crippen LogP contribution is -2.46. The highest BCUT2D eigenvalue weighted by molar-refractivity contribution is 7.90. The summed E-state index contributed by atoms with van der Waals surface area (Å²) in [5, 5.41) is 11.1. The average Bonchev–Trinajstić information content (AvgIpc) is 3.20. The number of nitrogens with one attached hydrogen (secondary N) is 2. The fourth-order valence-corrected chi connectivity index (χ4v) is 4.94. The number of pyridine rings is 1. The Hall–Kier alpha value is -3.75. The standard InChI is InChI=1S/C26H31FN6O3S/c1-5-19-21(7-6-11-29-23-9-8-18(37(4,34)35)15-25(23)36-3)31-33-24(19)13-17(28)14-26(33)30-22-10-12-32(2)16-20(22)27/h5,8-9,13-15,20,22,29-30H,1,10-12,16,28H2,2-4H3/t20-,22+/m0/s1. The Morgan fingerprint density at radius 3 is 2.81 bits per heavy atom. The number of methoxy groups -OCH3 is 1. The van der Waals surface area contributed by atoms with Gasteiger partial charge in [-0.2, -0.15) is 5.10 Å². The molecule has 0 saturated carbocycles. The van der Waals surface area contributed by atoms with Crippen LogP contribution in [0, 0.1) is 11.8 Å². The maximum absolute atomic E-state index is 14.7. The minimum Gasteiger partial charge on any atom is -0.495 e. The van der Waals surface area contributed by atoms with Crippen molar-refractivity contribution in [3.63, 3.8) is 0 Å². The van der Waals surface area contributed by atoms with Crippen LogP contribution in [0.2, 0.25) is 0 Å². The molecule has 1 fully saturated rings. The number of halogens is 1. The van der Waals surface area contributed by atoms with Crippen molar-refractivity contribution in [1.82, 2.24) is 14.5 Å². The minimum atomic E-state index is -3.35. The molecule has 0 radical (unpaired) electrons. The maximum atomic E-state index is 14.7. The highest BCUT2D eigenvalue weighted by atomic mass is 32.2. The van der Waals surface area contributed by atoms with Crippen LogP contribution in [0.25, 0.3) is 11.6 Å². The summed E-state index contributed by atoms with van der Waals surface area (Å²) < 4.78 is 45.3. The number of aromatic nitrogens is 2. The van der Waals surface area contributed by atoms with E-state index in [0.717, 1.165) is 23.9 Å². The van der Waals surface area contributed by atoms with Gasteiger partial charge in [0.05, 0.1) is 35.8 Å². The number of anilines is 3. The fraction of sp³-hybridized carbons (Fsp3) is 0.346. The number of rotatable bonds is 7. The molecule has 0 unspecified atom stereocenters. The van der Waals surface area contributed by atoms with Crippen molar-refractivity contribution >= 4 is 38.6 Å². The monoisotopic (exact) mass is 526 g/mol. The van der Waals surface area contributed by atoms with E-state index in [1.165, 1.54) is 19.2 Å². The lowest BCUT2D eigenvalue weighted by atomic mass is 10.0. The second-order valence-corrected chi connectivity index (χ2v) is 11.1. The number of benzene rings is 1. The minimum absolute atomic E-state index is 0.171. The Morgan fingerprint density at radius 1 is 1.35 bits per heavy atom. The predicted octanol–water partition coefficient (Wildman–Crippen LogP) is 2.89. The Labute approximate surface area is 216 Å². The number of fused-ring (bicyclic) bond motifs is 1. The van der Waals surface area contributed by atoms with Crippen LogP contribution >= 0.6 is 0 Å². The Morgan fingerprint density at radius 2 is 2.14 bits per heavy atom. The number of nitrogens with two attached hydrogens (primary N) is 1. The SMILES string of the molecule is C=Cc1c(C#CCNc2ccc(S(C)(=O)=O)cc2OC)nn2c(N[C@@H]3CCN(C)C[C@@H]3F)cc(N)cc12. The Bertz CT molecular complexity index is 1490. The molecule has 1 saturated heterocycles. The molecule has 11 heteroatoms. The zero-order valence-corrected chi connectivity index (χ0v) is 21.9. The smallest absolute Gasteiger partial charge is 0.175 e. The molecule has 3 heterocycles. The summed E-state index contributed by atoms with van der Waals surface area (Å²) in [6, 6.07) is 7.79. The number of alkyl halides is 1. The lowest BCUT2D eigenvalue weighted by Gasteiger charge is -2.33.